The number of piperidine rings is 1. The zero-order valence-corrected chi connectivity index (χ0v) is 23.6. The Hall–Kier alpha value is -3.06. The summed E-state index contributed by atoms with van der Waals surface area (Å²) in [6.07, 6.45) is 3.82. The van der Waals surface area contributed by atoms with Crippen LogP contribution in [-0.2, 0) is 4.74 Å². The Kier molecular flexibility index (Phi) is 9.09. The Bertz CT molecular complexity index is 1300. The summed E-state index contributed by atoms with van der Waals surface area (Å²) in [4.78, 5) is 15.0. The Labute approximate surface area is 240 Å². The average molecular weight is 504 g/mol. The van der Waals surface area contributed by atoms with E-state index in [-0.39, 0.29) is 35.7 Å². The molecule has 4 aromatic rings. The number of aryl methyl sites for hydroxylation is 1. The number of ether oxygens (including phenoxy) is 1. The van der Waals surface area contributed by atoms with E-state index in [1.165, 1.54) is 18.5 Å². The van der Waals surface area contributed by atoms with E-state index in [1.54, 1.807) is 6.92 Å². The molecule has 1 aromatic heterocycles. The minimum atomic E-state index is -0.554. The van der Waals surface area contributed by atoms with E-state index in [1.807, 2.05) is 49.4 Å². The van der Waals surface area contributed by atoms with Crippen LogP contribution in [0.5, 0.6) is 0 Å². The molecule has 0 unspecified atom stereocenters. The van der Waals surface area contributed by atoms with E-state index in [4.69, 9.17) is 9.26 Å². The second-order valence-electron chi connectivity index (χ2n) is 9.06. The topological polar surface area (TPSA) is 67.6 Å². The molecular formula is C30H30N3NaO3. The zero-order chi connectivity index (χ0) is 24.9. The van der Waals surface area contributed by atoms with Gasteiger partial charge in [0.25, 0.3) is 0 Å². The van der Waals surface area contributed by atoms with Crippen LogP contribution in [0.3, 0.4) is 0 Å². The number of nitrogens with one attached hydrogen (secondary N) is 1. The minimum absolute atomic E-state index is 0. The molecule has 0 spiro atoms. The Morgan fingerprint density at radius 3 is 2.30 bits per heavy atom. The number of hydrogen-bond acceptors (Lipinski definition) is 5. The van der Waals surface area contributed by atoms with Gasteiger partial charge in [0, 0.05) is 17.8 Å². The van der Waals surface area contributed by atoms with Crippen molar-refractivity contribution in [1.29, 1.82) is 0 Å². The molecule has 5 rings (SSSR count). The summed E-state index contributed by atoms with van der Waals surface area (Å²) in [5.41, 5.74) is 6.36. The van der Waals surface area contributed by atoms with Crippen molar-refractivity contribution in [2.24, 2.45) is 0 Å². The van der Waals surface area contributed by atoms with Gasteiger partial charge in [0.2, 0.25) is 0 Å². The summed E-state index contributed by atoms with van der Waals surface area (Å²) in [6.45, 7) is 5.75. The number of rotatable bonds is 6. The standard InChI is InChI=1S/C30H30N3O3.Na/c1-21-28(31-30(34)35-22(2)23-9-5-3-6-10-23)29(36-32-21)26-13-11-24(12-14-26)25-15-17-27(18-16-25)33-19-7-4-8-20-33;/h3,5-7,9-18,22H,4,8,19-20H2,1-2H3,(H,31,34);/q-1;+1/t22-;/m1./s1. The predicted molar refractivity (Wildman–Crippen MR) is 143 cm³/mol. The van der Waals surface area contributed by atoms with Crippen molar-refractivity contribution in [3.8, 4) is 22.5 Å². The van der Waals surface area contributed by atoms with E-state index < -0.39 is 6.09 Å². The fraction of sp³-hybridized carbons (Fsp3) is 0.233. The summed E-state index contributed by atoms with van der Waals surface area (Å²) in [6, 6.07) is 26.4. The average Bonchev–Trinajstić information content (AvgIpc) is 3.29. The van der Waals surface area contributed by atoms with E-state index in [9.17, 15) is 4.79 Å². The van der Waals surface area contributed by atoms with Gasteiger partial charge in [0.05, 0.1) is 0 Å². The largest absolute Gasteiger partial charge is 1.00 e. The molecule has 1 fully saturated rings. The maximum atomic E-state index is 12.6. The second-order valence-corrected chi connectivity index (χ2v) is 9.06. The molecule has 0 radical (unpaired) electrons. The van der Waals surface area contributed by atoms with Crippen LogP contribution in [-0.4, -0.2) is 24.3 Å². The first kappa shape index (κ1) is 27.0. The van der Waals surface area contributed by atoms with E-state index in [0.29, 0.717) is 17.1 Å². The first-order valence-electron chi connectivity index (χ1n) is 12.3. The molecule has 1 aliphatic heterocycles. The van der Waals surface area contributed by atoms with Crippen LogP contribution in [0.4, 0.5) is 16.2 Å². The fourth-order valence-electron chi connectivity index (χ4n) is 4.48. The molecule has 6 nitrogen and oxygen atoms in total. The van der Waals surface area contributed by atoms with Crippen LogP contribution in [0.25, 0.3) is 22.5 Å². The molecule has 2 heterocycles. The van der Waals surface area contributed by atoms with Gasteiger partial charge in [-0.2, -0.15) is 6.42 Å². The SMILES string of the molecule is Cc1noc(-c2ccc(-c3ccc(N4C[CH-]CCC4)cc3)cc2)c1NC(=O)O[C@H](C)c1ccccc1.[Na+]. The molecule has 7 heteroatoms. The van der Waals surface area contributed by atoms with Crippen LogP contribution >= 0.6 is 0 Å². The summed E-state index contributed by atoms with van der Waals surface area (Å²) in [5, 5.41) is 6.88. The zero-order valence-electron chi connectivity index (χ0n) is 21.6. The summed E-state index contributed by atoms with van der Waals surface area (Å²) >= 11 is 0. The Morgan fingerprint density at radius 2 is 1.65 bits per heavy atom. The molecule has 1 aliphatic rings. The predicted octanol–water partition coefficient (Wildman–Crippen LogP) is 4.44. The third kappa shape index (κ3) is 6.45. The first-order chi connectivity index (χ1) is 17.6. The number of anilines is 2. The van der Waals surface area contributed by atoms with E-state index in [2.05, 4.69) is 58.2 Å². The van der Waals surface area contributed by atoms with Crippen molar-refractivity contribution in [3.63, 3.8) is 0 Å². The van der Waals surface area contributed by atoms with Gasteiger partial charge in [-0.15, -0.1) is 6.54 Å². The molecule has 1 amide bonds. The molecule has 184 valence electrons. The summed E-state index contributed by atoms with van der Waals surface area (Å²) < 4.78 is 11.1. The second kappa shape index (κ2) is 12.5. The molecule has 0 aliphatic carbocycles. The van der Waals surface area contributed by atoms with Crippen LogP contribution in [0.2, 0.25) is 0 Å². The molecule has 1 saturated heterocycles. The van der Waals surface area contributed by atoms with Crippen molar-refractivity contribution in [1.82, 2.24) is 5.16 Å². The van der Waals surface area contributed by atoms with Gasteiger partial charge < -0.3 is 20.6 Å². The summed E-state index contributed by atoms with van der Waals surface area (Å²) in [7, 11) is 0. The molecule has 1 atom stereocenters. The van der Waals surface area contributed by atoms with Gasteiger partial charge in [0.15, 0.2) is 5.76 Å². The molecule has 0 saturated carbocycles. The van der Waals surface area contributed by atoms with Gasteiger partial charge in [-0.05, 0) is 42.7 Å². The van der Waals surface area contributed by atoms with Crippen LogP contribution < -0.4 is 39.8 Å². The molecular weight excluding hydrogens is 473 g/mol. The molecule has 0 bridgehead atoms. The monoisotopic (exact) mass is 503 g/mol. The van der Waals surface area contributed by atoms with E-state index >= 15 is 0 Å². The maximum absolute atomic E-state index is 12.6. The number of carbonyl (C=O) groups excluding carboxylic acids is 1. The third-order valence-corrected chi connectivity index (χ3v) is 6.54. The van der Waals surface area contributed by atoms with Crippen LogP contribution in [0.15, 0.2) is 83.4 Å². The van der Waals surface area contributed by atoms with Crippen molar-refractivity contribution < 1.29 is 43.6 Å². The van der Waals surface area contributed by atoms with Crippen molar-refractivity contribution in [2.45, 2.75) is 32.8 Å². The number of nitrogens with zero attached hydrogens (tertiary/aromatic N) is 2. The third-order valence-electron chi connectivity index (χ3n) is 6.54. The van der Waals surface area contributed by atoms with Gasteiger partial charge >= 0.3 is 35.7 Å². The Balaban J connectivity index is 0.00000320. The first-order valence-corrected chi connectivity index (χ1v) is 12.3. The normalized spacial score (nSPS) is 13.9. The molecule has 1 N–H and O–H groups in total. The van der Waals surface area contributed by atoms with Gasteiger partial charge in [-0.3, -0.25) is 5.32 Å². The number of aromatic nitrogens is 1. The van der Waals surface area contributed by atoms with Crippen molar-refractivity contribution >= 4 is 17.5 Å². The number of hydrogen-bond donors (Lipinski definition) is 1. The number of benzene rings is 3. The maximum Gasteiger partial charge on any atom is 1.00 e. The van der Waals surface area contributed by atoms with Gasteiger partial charge in [-0.25, -0.2) is 4.79 Å². The minimum Gasteiger partial charge on any atom is -0.441 e. The Morgan fingerprint density at radius 1 is 1.00 bits per heavy atom. The number of carbonyl (C=O) groups is 1. The quantitative estimate of drug-likeness (QED) is 0.311. The van der Waals surface area contributed by atoms with Crippen LogP contribution in [0.1, 0.15) is 37.1 Å². The van der Waals surface area contributed by atoms with Crippen molar-refractivity contribution in [3.05, 3.63) is 96.5 Å². The van der Waals surface area contributed by atoms with Crippen molar-refractivity contribution in [2.75, 3.05) is 23.3 Å². The van der Waals surface area contributed by atoms with Gasteiger partial charge in [-0.1, -0.05) is 78.3 Å². The number of amides is 1. The molecule has 3 aromatic carbocycles. The fourth-order valence-corrected chi connectivity index (χ4v) is 4.48. The van der Waals surface area contributed by atoms with E-state index in [0.717, 1.165) is 35.3 Å². The molecule has 37 heavy (non-hydrogen) atoms. The van der Waals surface area contributed by atoms with Gasteiger partial charge in [0.1, 0.15) is 17.5 Å². The summed E-state index contributed by atoms with van der Waals surface area (Å²) in [5.74, 6) is 0.500. The smallest absolute Gasteiger partial charge is 0.441 e. The van der Waals surface area contributed by atoms with Crippen LogP contribution in [0, 0.1) is 13.3 Å².